The Labute approximate surface area is 135 Å². The van der Waals surface area contributed by atoms with Gasteiger partial charge in [0.1, 0.15) is 0 Å². The zero-order chi connectivity index (χ0) is 12.3. The lowest BCUT2D eigenvalue weighted by Gasteiger charge is -2.30. The van der Waals surface area contributed by atoms with E-state index in [1.165, 1.54) is 38.5 Å². The summed E-state index contributed by atoms with van der Waals surface area (Å²) in [5.41, 5.74) is 0. The molecule has 0 aromatic rings. The van der Waals surface area contributed by atoms with Crippen LogP contribution in [0.1, 0.15) is 38.5 Å². The quantitative estimate of drug-likeness (QED) is 0.444. The van der Waals surface area contributed by atoms with Gasteiger partial charge in [-0.2, -0.15) is 0 Å². The van der Waals surface area contributed by atoms with Crippen LogP contribution in [-0.4, -0.2) is 20.2 Å². The van der Waals surface area contributed by atoms with Gasteiger partial charge in [0.2, 0.25) is 0 Å². The second-order valence-corrected chi connectivity index (χ2v) is 11.4. The van der Waals surface area contributed by atoms with Crippen LogP contribution in [0.2, 0.25) is 0 Å². The molecular formula is C14H20Br2S2. The summed E-state index contributed by atoms with van der Waals surface area (Å²) in [5.74, 6) is 4.02. The molecule has 0 heterocycles. The van der Waals surface area contributed by atoms with Crippen LogP contribution < -0.4 is 0 Å². The van der Waals surface area contributed by atoms with Crippen molar-refractivity contribution in [3.63, 3.8) is 0 Å². The standard InChI is InChI=1S/C14H20Br2S2/c15-11-7-1-3-9(5-7)13(11)17-18-14-10-4-2-8(6-10)12(14)16/h7-14H,1-6H2/t7-,8-,9-,10-,11+,12+,13-,14-/m0/s1. The molecule has 4 bridgehead atoms. The van der Waals surface area contributed by atoms with Gasteiger partial charge < -0.3 is 0 Å². The van der Waals surface area contributed by atoms with Crippen molar-refractivity contribution in [2.45, 2.75) is 58.7 Å². The largest absolute Gasteiger partial charge is 0.0889 e. The SMILES string of the molecule is Br[C@@H]1[C@H]2CC[C@@H](C2)[C@@H]1SS[C@H]1[C@H]2CC[C@@H](C2)[C@H]1Br. The highest BCUT2D eigenvalue weighted by molar-refractivity contribution is 9.10. The van der Waals surface area contributed by atoms with Gasteiger partial charge in [-0.25, -0.2) is 0 Å². The summed E-state index contributed by atoms with van der Waals surface area (Å²) in [4.78, 5) is 1.61. The van der Waals surface area contributed by atoms with Gasteiger partial charge in [0.15, 0.2) is 0 Å². The minimum atomic E-state index is 0.807. The summed E-state index contributed by atoms with van der Waals surface area (Å²) in [6.45, 7) is 0. The topological polar surface area (TPSA) is 0 Å². The number of hydrogen-bond acceptors (Lipinski definition) is 2. The molecule has 4 saturated carbocycles. The van der Waals surface area contributed by atoms with Gasteiger partial charge >= 0.3 is 0 Å². The third kappa shape index (κ3) is 2.07. The smallest absolute Gasteiger partial charge is 0.0307 e. The first-order valence-electron chi connectivity index (χ1n) is 7.34. The van der Waals surface area contributed by atoms with Crippen LogP contribution in [0.3, 0.4) is 0 Å². The molecule has 4 aliphatic carbocycles. The molecule has 0 unspecified atom stereocenters. The van der Waals surface area contributed by atoms with Crippen molar-refractivity contribution in [3.05, 3.63) is 0 Å². The summed E-state index contributed by atoms with van der Waals surface area (Å²) in [6, 6.07) is 0. The van der Waals surface area contributed by atoms with Gasteiger partial charge in [-0.3, -0.25) is 0 Å². The Morgan fingerprint density at radius 1 is 0.611 bits per heavy atom. The van der Waals surface area contributed by atoms with E-state index in [1.807, 2.05) is 0 Å². The molecule has 0 aromatic carbocycles. The summed E-state index contributed by atoms with van der Waals surface area (Å²) in [5, 5.41) is 1.79. The zero-order valence-corrected chi connectivity index (χ0v) is 15.2. The number of fused-ring (bicyclic) bond motifs is 4. The van der Waals surface area contributed by atoms with Gasteiger partial charge in [-0.15, -0.1) is 0 Å². The van der Waals surface area contributed by atoms with Crippen molar-refractivity contribution in [1.29, 1.82) is 0 Å². The van der Waals surface area contributed by atoms with Crippen molar-refractivity contribution >= 4 is 53.4 Å². The van der Waals surface area contributed by atoms with Gasteiger partial charge in [0.05, 0.1) is 0 Å². The van der Waals surface area contributed by atoms with E-state index in [4.69, 9.17) is 0 Å². The van der Waals surface area contributed by atoms with Crippen molar-refractivity contribution < 1.29 is 0 Å². The molecule has 4 fully saturated rings. The predicted molar refractivity (Wildman–Crippen MR) is 89.9 cm³/mol. The van der Waals surface area contributed by atoms with E-state index in [9.17, 15) is 0 Å². The van der Waals surface area contributed by atoms with E-state index in [-0.39, 0.29) is 0 Å². The highest BCUT2D eigenvalue weighted by atomic mass is 79.9. The average molecular weight is 412 g/mol. The number of hydrogen-bond donors (Lipinski definition) is 0. The molecule has 8 atom stereocenters. The Hall–Kier alpha value is 1.66. The van der Waals surface area contributed by atoms with Crippen LogP contribution in [0.4, 0.5) is 0 Å². The Morgan fingerprint density at radius 3 is 1.33 bits per heavy atom. The first-order chi connectivity index (χ1) is 8.74. The molecule has 4 heteroatoms. The van der Waals surface area contributed by atoms with Gasteiger partial charge in [0.25, 0.3) is 0 Å². The lowest BCUT2D eigenvalue weighted by molar-refractivity contribution is 0.507. The average Bonchev–Trinajstić information content (AvgIpc) is 3.08. The monoisotopic (exact) mass is 410 g/mol. The minimum Gasteiger partial charge on any atom is -0.0889 e. The maximum atomic E-state index is 3.98. The molecule has 0 saturated heterocycles. The van der Waals surface area contributed by atoms with Crippen molar-refractivity contribution in [2.75, 3.05) is 0 Å². The Balaban J connectivity index is 1.36. The normalized spacial score (nSPS) is 57.7. The fourth-order valence-corrected chi connectivity index (χ4v) is 12.2. The third-order valence-electron chi connectivity index (χ3n) is 5.76. The minimum absolute atomic E-state index is 0.807. The highest BCUT2D eigenvalue weighted by Crippen LogP contribution is 2.60. The molecule has 0 spiro atoms. The van der Waals surface area contributed by atoms with Crippen molar-refractivity contribution in [1.82, 2.24) is 0 Å². The molecule has 0 radical (unpaired) electrons. The zero-order valence-electron chi connectivity index (χ0n) is 10.4. The van der Waals surface area contributed by atoms with E-state index >= 15 is 0 Å². The van der Waals surface area contributed by atoms with Gasteiger partial charge in [-0.05, 0) is 62.2 Å². The van der Waals surface area contributed by atoms with Crippen LogP contribution in [0.5, 0.6) is 0 Å². The van der Waals surface area contributed by atoms with Gasteiger partial charge in [-0.1, -0.05) is 53.4 Å². The number of rotatable bonds is 3. The molecule has 18 heavy (non-hydrogen) atoms. The van der Waals surface area contributed by atoms with Crippen LogP contribution >= 0.6 is 53.4 Å². The van der Waals surface area contributed by atoms with E-state index in [2.05, 4.69) is 53.4 Å². The first kappa shape index (κ1) is 13.3. The Bertz CT molecular complexity index is 302. The summed E-state index contributed by atoms with van der Waals surface area (Å²) in [7, 11) is 4.47. The molecule has 0 aliphatic heterocycles. The van der Waals surface area contributed by atoms with Crippen LogP contribution in [0.25, 0.3) is 0 Å². The maximum Gasteiger partial charge on any atom is 0.0307 e. The fourth-order valence-electron chi connectivity index (χ4n) is 4.73. The molecular weight excluding hydrogens is 392 g/mol. The molecule has 102 valence electrons. The molecule has 0 nitrogen and oxygen atoms in total. The Kier molecular flexibility index (Phi) is 3.80. The van der Waals surface area contributed by atoms with E-state index in [1.54, 1.807) is 0 Å². The molecule has 4 rings (SSSR count). The maximum absolute atomic E-state index is 3.98. The summed E-state index contributed by atoms with van der Waals surface area (Å²) in [6.07, 6.45) is 8.97. The summed E-state index contributed by atoms with van der Waals surface area (Å²) < 4.78 is 0. The van der Waals surface area contributed by atoms with Crippen molar-refractivity contribution in [2.24, 2.45) is 23.7 Å². The van der Waals surface area contributed by atoms with E-state index in [0.717, 1.165) is 43.8 Å². The van der Waals surface area contributed by atoms with Crippen LogP contribution in [0, 0.1) is 23.7 Å². The summed E-state index contributed by atoms with van der Waals surface area (Å²) >= 11 is 7.96. The number of alkyl halides is 2. The van der Waals surface area contributed by atoms with Crippen LogP contribution in [0.15, 0.2) is 0 Å². The van der Waals surface area contributed by atoms with Crippen molar-refractivity contribution in [3.8, 4) is 0 Å². The lowest BCUT2D eigenvalue weighted by atomic mass is 10.0. The molecule has 4 aliphatic rings. The predicted octanol–water partition coefficient (Wildman–Crippen LogP) is 5.49. The second-order valence-electron chi connectivity index (χ2n) is 6.68. The molecule has 0 amide bonds. The lowest BCUT2D eigenvalue weighted by Crippen LogP contribution is -2.27. The van der Waals surface area contributed by atoms with E-state index < -0.39 is 0 Å². The van der Waals surface area contributed by atoms with E-state index in [0.29, 0.717) is 0 Å². The Morgan fingerprint density at radius 2 is 1.00 bits per heavy atom. The number of halogens is 2. The fraction of sp³-hybridized carbons (Fsp3) is 1.00. The second kappa shape index (κ2) is 5.14. The van der Waals surface area contributed by atoms with Crippen LogP contribution in [-0.2, 0) is 0 Å². The molecule has 0 aromatic heterocycles. The van der Waals surface area contributed by atoms with Gasteiger partial charge in [0, 0.05) is 20.2 Å². The highest BCUT2D eigenvalue weighted by Gasteiger charge is 2.50. The third-order valence-corrected chi connectivity index (χ3v) is 12.7. The first-order valence-corrected chi connectivity index (χ1v) is 11.4. The molecule has 0 N–H and O–H groups in total.